The average molecular weight is 398 g/mol. The summed E-state index contributed by atoms with van der Waals surface area (Å²) in [6, 6.07) is 3.56. The molecule has 0 fully saturated rings. The fourth-order valence-corrected chi connectivity index (χ4v) is 2.95. The van der Waals surface area contributed by atoms with Crippen LogP contribution in [-0.4, -0.2) is 32.1 Å². The lowest BCUT2D eigenvalue weighted by atomic mass is 10.2. The highest BCUT2D eigenvalue weighted by atomic mass is 32.1. The van der Waals surface area contributed by atoms with Gasteiger partial charge in [-0.2, -0.15) is 13.2 Å². The van der Waals surface area contributed by atoms with Gasteiger partial charge in [-0.25, -0.2) is 0 Å². The SMILES string of the molecule is C=C(NCC1=CC=CCO1)c1ccc(C(/C=C(\C)C(F)(F)F)=NC)s1.CC. The summed E-state index contributed by atoms with van der Waals surface area (Å²) < 4.78 is 43.6. The third kappa shape index (κ3) is 7.09. The largest absolute Gasteiger partial charge is 0.492 e. The predicted molar refractivity (Wildman–Crippen MR) is 108 cm³/mol. The van der Waals surface area contributed by atoms with Crippen molar-refractivity contribution >= 4 is 22.7 Å². The molecular formula is C20H25F3N2OS. The van der Waals surface area contributed by atoms with Crippen LogP contribution in [-0.2, 0) is 4.74 Å². The molecule has 0 aromatic carbocycles. The minimum absolute atomic E-state index is 0.294. The molecule has 1 aromatic heterocycles. The van der Waals surface area contributed by atoms with E-state index in [0.717, 1.165) is 23.6 Å². The number of nitrogens with zero attached hydrogens (tertiary/aromatic N) is 1. The van der Waals surface area contributed by atoms with Crippen LogP contribution in [0.5, 0.6) is 0 Å². The van der Waals surface area contributed by atoms with Gasteiger partial charge in [0.1, 0.15) is 12.4 Å². The standard InChI is InChI=1S/C18H19F3N2OS.C2H6/c1-12(18(19,20)21)10-15(22-3)17-8-7-16(25-17)13(2)23-11-14-6-4-5-9-24-14;1-2/h4-8,10,23H,2,9,11H2,1,3H3;1-2H3/b12-10+,22-15?;. The summed E-state index contributed by atoms with van der Waals surface area (Å²) in [5, 5.41) is 3.16. The average Bonchev–Trinajstić information content (AvgIpc) is 3.15. The molecule has 0 atom stereocenters. The maximum absolute atomic E-state index is 12.7. The van der Waals surface area contributed by atoms with Crippen molar-refractivity contribution in [2.75, 3.05) is 20.2 Å². The molecule has 7 heteroatoms. The number of alkyl halides is 3. The Morgan fingerprint density at radius 1 is 1.33 bits per heavy atom. The van der Waals surface area contributed by atoms with Crippen molar-refractivity contribution < 1.29 is 17.9 Å². The number of thiophene rings is 1. The maximum atomic E-state index is 12.7. The van der Waals surface area contributed by atoms with E-state index < -0.39 is 11.7 Å². The Kier molecular flexibility index (Phi) is 9.08. The summed E-state index contributed by atoms with van der Waals surface area (Å²) in [5.41, 5.74) is 0.291. The van der Waals surface area contributed by atoms with Crippen molar-refractivity contribution in [2.24, 2.45) is 4.99 Å². The Morgan fingerprint density at radius 3 is 2.56 bits per heavy atom. The molecular weight excluding hydrogens is 373 g/mol. The van der Waals surface area contributed by atoms with E-state index in [0.29, 0.717) is 29.4 Å². The molecule has 1 aliphatic heterocycles. The second kappa shape index (κ2) is 10.8. The smallest absolute Gasteiger partial charge is 0.412 e. The van der Waals surface area contributed by atoms with Crippen molar-refractivity contribution in [3.05, 3.63) is 64.1 Å². The quantitative estimate of drug-likeness (QED) is 0.621. The van der Waals surface area contributed by atoms with Crippen LogP contribution >= 0.6 is 11.3 Å². The Hall–Kier alpha value is -2.28. The van der Waals surface area contributed by atoms with Gasteiger partial charge in [-0.3, -0.25) is 4.99 Å². The van der Waals surface area contributed by atoms with Crippen LogP contribution < -0.4 is 5.32 Å². The van der Waals surface area contributed by atoms with Gasteiger partial charge < -0.3 is 10.1 Å². The highest BCUT2D eigenvalue weighted by molar-refractivity contribution is 7.15. The molecule has 0 bridgehead atoms. The monoisotopic (exact) mass is 398 g/mol. The fraction of sp³-hybridized carbons (Fsp3) is 0.350. The van der Waals surface area contributed by atoms with E-state index in [1.165, 1.54) is 18.4 Å². The van der Waals surface area contributed by atoms with Gasteiger partial charge in [0, 0.05) is 18.3 Å². The van der Waals surface area contributed by atoms with Gasteiger partial charge in [-0.15, -0.1) is 11.3 Å². The molecule has 2 heterocycles. The zero-order valence-electron chi connectivity index (χ0n) is 16.0. The molecule has 148 valence electrons. The second-order valence-electron chi connectivity index (χ2n) is 5.30. The topological polar surface area (TPSA) is 33.6 Å². The van der Waals surface area contributed by atoms with Crippen LogP contribution in [0.25, 0.3) is 5.70 Å². The summed E-state index contributed by atoms with van der Waals surface area (Å²) in [6.07, 6.45) is 2.40. The van der Waals surface area contributed by atoms with Crippen LogP contribution in [0.15, 0.2) is 59.3 Å². The van der Waals surface area contributed by atoms with Crippen LogP contribution in [0.2, 0.25) is 0 Å². The first-order valence-electron chi connectivity index (χ1n) is 8.55. The van der Waals surface area contributed by atoms with Crippen molar-refractivity contribution in [3.8, 4) is 0 Å². The van der Waals surface area contributed by atoms with Crippen LogP contribution in [0, 0.1) is 0 Å². The lowest BCUT2D eigenvalue weighted by Crippen LogP contribution is -2.16. The van der Waals surface area contributed by atoms with Gasteiger partial charge in [-0.05, 0) is 37.3 Å². The first-order valence-corrected chi connectivity index (χ1v) is 9.37. The van der Waals surface area contributed by atoms with Gasteiger partial charge in [-0.1, -0.05) is 26.5 Å². The van der Waals surface area contributed by atoms with Gasteiger partial charge >= 0.3 is 6.18 Å². The molecule has 0 saturated heterocycles. The molecule has 2 rings (SSSR count). The highest BCUT2D eigenvalue weighted by Gasteiger charge is 2.30. The number of allylic oxidation sites excluding steroid dienone is 4. The zero-order valence-corrected chi connectivity index (χ0v) is 16.8. The summed E-state index contributed by atoms with van der Waals surface area (Å²) >= 11 is 1.33. The fourth-order valence-electron chi connectivity index (χ4n) is 2.00. The molecule has 1 aliphatic rings. The third-order valence-electron chi connectivity index (χ3n) is 3.46. The van der Waals surface area contributed by atoms with E-state index in [4.69, 9.17) is 4.74 Å². The van der Waals surface area contributed by atoms with E-state index in [-0.39, 0.29) is 0 Å². The number of hydrogen-bond acceptors (Lipinski definition) is 4. The van der Waals surface area contributed by atoms with Crippen molar-refractivity contribution in [1.82, 2.24) is 5.32 Å². The number of hydrogen-bond donors (Lipinski definition) is 1. The van der Waals surface area contributed by atoms with Crippen LogP contribution in [0.1, 0.15) is 30.5 Å². The summed E-state index contributed by atoms with van der Waals surface area (Å²) in [5.74, 6) is 0.806. The Balaban J connectivity index is 0.00000176. The molecule has 0 radical (unpaired) electrons. The Labute approximate surface area is 162 Å². The minimum Gasteiger partial charge on any atom is -0.492 e. The molecule has 0 unspecified atom stereocenters. The Morgan fingerprint density at radius 2 is 2.00 bits per heavy atom. The number of halogens is 3. The lowest BCUT2D eigenvalue weighted by Gasteiger charge is -2.13. The van der Waals surface area contributed by atoms with E-state index in [9.17, 15) is 13.2 Å². The van der Waals surface area contributed by atoms with Crippen molar-refractivity contribution in [1.29, 1.82) is 0 Å². The van der Waals surface area contributed by atoms with Gasteiger partial charge in [0.2, 0.25) is 0 Å². The Bertz CT molecular complexity index is 756. The molecule has 1 N–H and O–H groups in total. The highest BCUT2D eigenvalue weighted by Crippen LogP contribution is 2.27. The molecule has 1 aromatic rings. The van der Waals surface area contributed by atoms with Crippen molar-refractivity contribution in [2.45, 2.75) is 26.9 Å². The van der Waals surface area contributed by atoms with Gasteiger partial charge in [0.25, 0.3) is 0 Å². The third-order valence-corrected chi connectivity index (χ3v) is 4.62. The first kappa shape index (κ1) is 22.8. The summed E-state index contributed by atoms with van der Waals surface area (Å²) in [6.45, 7) is 10.0. The molecule has 3 nitrogen and oxygen atoms in total. The van der Waals surface area contributed by atoms with Gasteiger partial charge in [0.15, 0.2) is 0 Å². The minimum atomic E-state index is -4.36. The zero-order chi connectivity index (χ0) is 20.4. The number of rotatable bonds is 6. The van der Waals surface area contributed by atoms with Crippen molar-refractivity contribution in [3.63, 3.8) is 0 Å². The van der Waals surface area contributed by atoms with Crippen LogP contribution in [0.4, 0.5) is 13.2 Å². The lowest BCUT2D eigenvalue weighted by molar-refractivity contribution is -0.0912. The molecule has 0 amide bonds. The van der Waals surface area contributed by atoms with Crippen LogP contribution in [0.3, 0.4) is 0 Å². The number of aliphatic imine (C=N–C) groups is 1. The van der Waals surface area contributed by atoms with Gasteiger partial charge in [0.05, 0.1) is 22.0 Å². The summed E-state index contributed by atoms with van der Waals surface area (Å²) in [4.78, 5) is 5.46. The van der Waals surface area contributed by atoms with E-state index in [1.807, 2.05) is 38.1 Å². The molecule has 27 heavy (non-hydrogen) atoms. The molecule has 0 saturated carbocycles. The normalized spacial score (nSPS) is 14.7. The number of ether oxygens (including phenoxy) is 1. The van der Waals surface area contributed by atoms with E-state index in [2.05, 4.69) is 16.9 Å². The summed E-state index contributed by atoms with van der Waals surface area (Å²) in [7, 11) is 1.47. The van der Waals surface area contributed by atoms with E-state index in [1.54, 1.807) is 6.07 Å². The number of nitrogens with one attached hydrogen (secondary N) is 1. The molecule has 0 spiro atoms. The predicted octanol–water partition coefficient (Wildman–Crippen LogP) is 5.73. The molecule has 0 aliphatic carbocycles. The first-order chi connectivity index (χ1) is 12.8. The second-order valence-corrected chi connectivity index (χ2v) is 6.39. The van der Waals surface area contributed by atoms with E-state index >= 15 is 0 Å². The maximum Gasteiger partial charge on any atom is 0.412 e.